The Labute approximate surface area is 125 Å². The van der Waals surface area contributed by atoms with Crippen molar-refractivity contribution in [2.45, 2.75) is 37.8 Å². The van der Waals surface area contributed by atoms with Gasteiger partial charge >= 0.3 is 0 Å². The zero-order valence-corrected chi connectivity index (χ0v) is 12.6. The lowest BCUT2D eigenvalue weighted by molar-refractivity contribution is -0.212. The van der Waals surface area contributed by atoms with E-state index >= 15 is 0 Å². The number of β-lactam (4-membered cyclic amide) rings is 1. The fraction of sp³-hybridized carbons (Fsp3) is 0.800. The number of amides is 1. The summed E-state index contributed by atoms with van der Waals surface area (Å²) in [6, 6.07) is 0.0128. The Kier molecular flexibility index (Phi) is 4.90. The maximum absolute atomic E-state index is 12.4. The Hall–Kier alpha value is -0.950. The van der Waals surface area contributed by atoms with Gasteiger partial charge in [-0.25, -0.2) is 5.01 Å². The highest BCUT2D eigenvalue weighted by molar-refractivity contribution is 5.88. The first kappa shape index (κ1) is 15.0. The van der Waals surface area contributed by atoms with Gasteiger partial charge in [0.2, 0.25) is 0 Å². The fourth-order valence-corrected chi connectivity index (χ4v) is 3.22. The summed E-state index contributed by atoms with van der Waals surface area (Å²) in [5.74, 6) is 0.0582. The minimum Gasteiger partial charge on any atom is -0.381 e. The molecule has 0 spiro atoms. The molecule has 0 N–H and O–H groups in total. The first-order valence-corrected chi connectivity index (χ1v) is 7.77. The van der Waals surface area contributed by atoms with Crippen LogP contribution in [0.1, 0.15) is 25.7 Å². The van der Waals surface area contributed by atoms with Gasteiger partial charge in [0.1, 0.15) is 12.8 Å². The van der Waals surface area contributed by atoms with Crippen LogP contribution in [0.25, 0.3) is 0 Å². The van der Waals surface area contributed by atoms with E-state index in [0.29, 0.717) is 0 Å². The third kappa shape index (κ3) is 3.13. The molecule has 3 rings (SSSR count). The molecular weight excluding hydrogens is 272 g/mol. The lowest BCUT2D eigenvalue weighted by atomic mass is 9.95. The second kappa shape index (κ2) is 6.87. The molecule has 3 fully saturated rings. The fourth-order valence-electron chi connectivity index (χ4n) is 3.22. The molecule has 6 heteroatoms. The van der Waals surface area contributed by atoms with Crippen LogP contribution in [0, 0.1) is 0 Å². The van der Waals surface area contributed by atoms with E-state index in [1.807, 2.05) is 5.01 Å². The van der Waals surface area contributed by atoms with Crippen molar-refractivity contribution in [2.75, 3.05) is 40.2 Å². The van der Waals surface area contributed by atoms with E-state index in [-0.39, 0.29) is 18.7 Å². The summed E-state index contributed by atoms with van der Waals surface area (Å²) >= 11 is 0. The van der Waals surface area contributed by atoms with Crippen molar-refractivity contribution in [1.82, 2.24) is 10.0 Å². The molecule has 0 aromatic rings. The molecule has 0 aromatic heterocycles. The van der Waals surface area contributed by atoms with Crippen LogP contribution >= 0.6 is 0 Å². The van der Waals surface area contributed by atoms with Crippen LogP contribution in [0.2, 0.25) is 0 Å². The average Bonchev–Trinajstić information content (AvgIpc) is 3.02. The Balaban J connectivity index is 1.71. The van der Waals surface area contributed by atoms with Gasteiger partial charge in [0.05, 0.1) is 13.2 Å². The number of hydrazine groups is 1. The highest BCUT2D eigenvalue weighted by atomic mass is 16.7. The van der Waals surface area contributed by atoms with Crippen molar-refractivity contribution in [3.63, 3.8) is 0 Å². The van der Waals surface area contributed by atoms with Gasteiger partial charge < -0.3 is 14.2 Å². The van der Waals surface area contributed by atoms with Crippen molar-refractivity contribution in [3.05, 3.63) is 11.6 Å². The Bertz CT molecular complexity index is 398. The van der Waals surface area contributed by atoms with Gasteiger partial charge in [0.15, 0.2) is 6.10 Å². The van der Waals surface area contributed by atoms with Gasteiger partial charge in [-0.15, -0.1) is 0 Å². The van der Waals surface area contributed by atoms with Gasteiger partial charge in [0.25, 0.3) is 5.91 Å². The van der Waals surface area contributed by atoms with E-state index in [4.69, 9.17) is 14.2 Å². The Morgan fingerprint density at radius 1 is 1.29 bits per heavy atom. The number of rotatable bonds is 5. The first-order valence-electron chi connectivity index (χ1n) is 7.77. The summed E-state index contributed by atoms with van der Waals surface area (Å²) in [7, 11) is 1.58. The highest BCUT2D eigenvalue weighted by Gasteiger charge is 2.50. The minimum absolute atomic E-state index is 0.0128. The van der Waals surface area contributed by atoms with Crippen molar-refractivity contribution in [3.8, 4) is 0 Å². The summed E-state index contributed by atoms with van der Waals surface area (Å²) in [4.78, 5) is 12.4. The first-order chi connectivity index (χ1) is 10.3. The lowest BCUT2D eigenvalue weighted by Crippen LogP contribution is -2.70. The monoisotopic (exact) mass is 296 g/mol. The second-order valence-corrected chi connectivity index (χ2v) is 5.77. The number of methoxy groups -OCH3 is 1. The molecule has 6 nitrogen and oxygen atoms in total. The van der Waals surface area contributed by atoms with Gasteiger partial charge in [-0.3, -0.25) is 9.80 Å². The SMILES string of the molecule is COCOC1C(=O)N(N2CCCC2)C1C=C1CCOCC1. The van der Waals surface area contributed by atoms with Crippen molar-refractivity contribution >= 4 is 5.91 Å². The molecule has 118 valence electrons. The summed E-state index contributed by atoms with van der Waals surface area (Å²) < 4.78 is 15.9. The van der Waals surface area contributed by atoms with Crippen molar-refractivity contribution < 1.29 is 19.0 Å². The second-order valence-electron chi connectivity index (χ2n) is 5.77. The predicted octanol–water partition coefficient (Wildman–Crippen LogP) is 0.934. The number of ether oxygens (including phenoxy) is 3. The summed E-state index contributed by atoms with van der Waals surface area (Å²) in [6.45, 7) is 3.64. The normalized spacial score (nSPS) is 30.6. The van der Waals surface area contributed by atoms with Crippen LogP contribution in [0.15, 0.2) is 11.6 Å². The molecule has 0 aromatic carbocycles. The third-order valence-electron chi connectivity index (χ3n) is 4.36. The zero-order chi connectivity index (χ0) is 14.7. The van der Waals surface area contributed by atoms with Crippen LogP contribution in [0.5, 0.6) is 0 Å². The van der Waals surface area contributed by atoms with E-state index < -0.39 is 6.10 Å². The van der Waals surface area contributed by atoms with Gasteiger partial charge in [-0.1, -0.05) is 11.6 Å². The Morgan fingerprint density at radius 2 is 2.00 bits per heavy atom. The Morgan fingerprint density at radius 3 is 2.67 bits per heavy atom. The molecule has 0 aliphatic carbocycles. The van der Waals surface area contributed by atoms with E-state index in [2.05, 4.69) is 11.1 Å². The maximum Gasteiger partial charge on any atom is 0.269 e. The summed E-state index contributed by atoms with van der Waals surface area (Å²) in [6.07, 6.45) is 6.03. The van der Waals surface area contributed by atoms with E-state index in [0.717, 1.165) is 52.0 Å². The van der Waals surface area contributed by atoms with Crippen LogP contribution < -0.4 is 0 Å². The zero-order valence-electron chi connectivity index (χ0n) is 12.6. The van der Waals surface area contributed by atoms with E-state index in [9.17, 15) is 4.79 Å². The van der Waals surface area contributed by atoms with Gasteiger partial charge in [-0.05, 0) is 25.7 Å². The largest absolute Gasteiger partial charge is 0.381 e. The summed E-state index contributed by atoms with van der Waals surface area (Å²) in [5.41, 5.74) is 1.37. The summed E-state index contributed by atoms with van der Waals surface area (Å²) in [5, 5.41) is 4.05. The van der Waals surface area contributed by atoms with E-state index in [1.54, 1.807) is 7.11 Å². The van der Waals surface area contributed by atoms with Gasteiger partial charge in [-0.2, -0.15) is 0 Å². The average molecular weight is 296 g/mol. The van der Waals surface area contributed by atoms with Crippen molar-refractivity contribution in [1.29, 1.82) is 0 Å². The topological polar surface area (TPSA) is 51.2 Å². The molecule has 0 bridgehead atoms. The van der Waals surface area contributed by atoms with Crippen LogP contribution in [0.3, 0.4) is 0 Å². The number of hydrogen-bond acceptors (Lipinski definition) is 5. The van der Waals surface area contributed by atoms with Crippen LogP contribution in [0.4, 0.5) is 0 Å². The maximum atomic E-state index is 12.4. The number of carbonyl (C=O) groups excluding carboxylic acids is 1. The number of carbonyl (C=O) groups is 1. The number of hydrogen-bond donors (Lipinski definition) is 0. The third-order valence-corrected chi connectivity index (χ3v) is 4.36. The molecule has 21 heavy (non-hydrogen) atoms. The van der Waals surface area contributed by atoms with Gasteiger partial charge in [0, 0.05) is 20.2 Å². The highest BCUT2D eigenvalue weighted by Crippen LogP contribution is 2.31. The van der Waals surface area contributed by atoms with Crippen molar-refractivity contribution in [2.24, 2.45) is 0 Å². The number of nitrogens with zero attached hydrogens (tertiary/aromatic N) is 2. The molecule has 3 heterocycles. The molecule has 2 atom stereocenters. The molecular formula is C15H24N2O4. The molecule has 0 saturated carbocycles. The van der Waals surface area contributed by atoms with E-state index in [1.165, 1.54) is 5.57 Å². The standard InChI is InChI=1S/C15H24N2O4/c1-19-11-21-14-13(10-12-4-8-20-9-5-12)17(15(14)18)16-6-2-3-7-16/h10,13-14H,2-9,11H2,1H3. The molecule has 2 unspecified atom stereocenters. The molecule has 0 radical (unpaired) electrons. The quantitative estimate of drug-likeness (QED) is 0.429. The minimum atomic E-state index is -0.402. The van der Waals surface area contributed by atoms with Crippen LogP contribution in [-0.4, -0.2) is 68.3 Å². The lowest BCUT2D eigenvalue weighted by Gasteiger charge is -2.49. The molecule has 3 saturated heterocycles. The molecule has 3 aliphatic rings. The smallest absolute Gasteiger partial charge is 0.269 e. The predicted molar refractivity (Wildman–Crippen MR) is 76.3 cm³/mol. The van der Waals surface area contributed by atoms with Crippen LogP contribution in [-0.2, 0) is 19.0 Å². The molecule has 1 amide bonds. The molecule has 3 aliphatic heterocycles.